The molecule has 5 rings (SSSR count). The first-order chi connectivity index (χ1) is 13.2. The highest BCUT2D eigenvalue weighted by Gasteiger charge is 2.15. The molecule has 0 aliphatic heterocycles. The first kappa shape index (κ1) is 15.8. The summed E-state index contributed by atoms with van der Waals surface area (Å²) in [7, 11) is 1.83. The van der Waals surface area contributed by atoms with Gasteiger partial charge < -0.3 is 9.15 Å². The Kier molecular flexibility index (Phi) is 3.58. The van der Waals surface area contributed by atoms with Crippen molar-refractivity contribution < 1.29 is 9.15 Å². The summed E-state index contributed by atoms with van der Waals surface area (Å²) in [4.78, 5) is 8.92. The zero-order chi connectivity index (χ0) is 18.4. The van der Waals surface area contributed by atoms with Gasteiger partial charge in [0.15, 0.2) is 17.1 Å². The van der Waals surface area contributed by atoms with Crippen molar-refractivity contribution in [3.05, 3.63) is 59.7 Å². The maximum absolute atomic E-state index is 6.10. The van der Waals surface area contributed by atoms with E-state index in [0.717, 1.165) is 11.0 Å². The summed E-state index contributed by atoms with van der Waals surface area (Å²) in [5.41, 5.74) is 1.42. The lowest BCUT2D eigenvalue weighted by Gasteiger charge is -2.05. The van der Waals surface area contributed by atoms with Gasteiger partial charge in [-0.25, -0.2) is 14.5 Å². The summed E-state index contributed by atoms with van der Waals surface area (Å²) in [6, 6.07) is 10.9. The minimum absolute atomic E-state index is 0.255. The van der Waals surface area contributed by atoms with Crippen molar-refractivity contribution in [3.8, 4) is 17.3 Å². The van der Waals surface area contributed by atoms with Gasteiger partial charge in [0.25, 0.3) is 0 Å². The van der Waals surface area contributed by atoms with Crippen molar-refractivity contribution in [1.29, 1.82) is 0 Å². The Labute approximate surface area is 158 Å². The Balaban J connectivity index is 1.44. The summed E-state index contributed by atoms with van der Waals surface area (Å²) in [5.74, 6) is 2.27. The molecular formula is C18H13ClN6O2. The molecule has 0 N–H and O–H groups in total. The topological polar surface area (TPSA) is 83.3 Å². The van der Waals surface area contributed by atoms with Crippen molar-refractivity contribution >= 4 is 28.3 Å². The number of furan rings is 1. The van der Waals surface area contributed by atoms with Crippen molar-refractivity contribution in [2.45, 2.75) is 6.61 Å². The lowest BCUT2D eigenvalue weighted by molar-refractivity contribution is 0.272. The maximum atomic E-state index is 6.10. The summed E-state index contributed by atoms with van der Waals surface area (Å²) in [6.07, 6.45) is 3.33. The second-order valence-electron chi connectivity index (χ2n) is 5.94. The average molecular weight is 381 g/mol. The van der Waals surface area contributed by atoms with Crippen LogP contribution < -0.4 is 4.74 Å². The van der Waals surface area contributed by atoms with E-state index < -0.39 is 0 Å². The molecule has 134 valence electrons. The van der Waals surface area contributed by atoms with Gasteiger partial charge in [0.2, 0.25) is 5.82 Å². The number of fused-ring (bicyclic) bond motifs is 3. The number of para-hydroxylation sites is 1. The molecule has 0 spiro atoms. The highest BCUT2D eigenvalue weighted by atomic mass is 35.5. The van der Waals surface area contributed by atoms with Gasteiger partial charge in [0.1, 0.15) is 24.4 Å². The minimum Gasteiger partial charge on any atom is -0.484 e. The van der Waals surface area contributed by atoms with Gasteiger partial charge in [0.05, 0.1) is 16.6 Å². The monoisotopic (exact) mass is 380 g/mol. The number of ether oxygens (including phenoxy) is 1. The van der Waals surface area contributed by atoms with E-state index in [-0.39, 0.29) is 6.61 Å². The third kappa shape index (κ3) is 2.70. The van der Waals surface area contributed by atoms with Crippen LogP contribution in [0.1, 0.15) is 5.76 Å². The highest BCUT2D eigenvalue weighted by molar-refractivity contribution is 6.32. The van der Waals surface area contributed by atoms with Crippen molar-refractivity contribution in [1.82, 2.24) is 29.4 Å². The predicted octanol–water partition coefficient (Wildman–Crippen LogP) is 3.50. The second-order valence-corrected chi connectivity index (χ2v) is 6.35. The van der Waals surface area contributed by atoms with Crippen molar-refractivity contribution in [3.63, 3.8) is 0 Å². The molecule has 0 saturated carbocycles. The first-order valence-electron chi connectivity index (χ1n) is 8.18. The van der Waals surface area contributed by atoms with Gasteiger partial charge in [0, 0.05) is 7.05 Å². The van der Waals surface area contributed by atoms with Gasteiger partial charge in [-0.3, -0.25) is 4.68 Å². The molecule has 0 aliphatic rings. The fourth-order valence-corrected chi connectivity index (χ4v) is 3.02. The van der Waals surface area contributed by atoms with E-state index in [0.29, 0.717) is 33.8 Å². The molecule has 0 unspecified atom stereocenters. The standard InChI is InChI=1S/C18H13ClN6O2/c1-24-17-12(8-21-24)18-22-16(23-25(18)10-20-17)15-7-6-11(27-15)9-26-14-5-3-2-4-13(14)19/h2-8,10H,9H2,1H3. The van der Waals surface area contributed by atoms with Crippen LogP contribution in [-0.2, 0) is 13.7 Å². The summed E-state index contributed by atoms with van der Waals surface area (Å²) in [6.45, 7) is 0.255. The number of hydrogen-bond acceptors (Lipinski definition) is 6. The molecule has 0 saturated heterocycles. The van der Waals surface area contributed by atoms with Gasteiger partial charge in [-0.2, -0.15) is 5.10 Å². The normalized spacial score (nSPS) is 11.5. The third-order valence-electron chi connectivity index (χ3n) is 4.16. The molecule has 0 bridgehead atoms. The lowest BCUT2D eigenvalue weighted by Crippen LogP contribution is -1.94. The lowest BCUT2D eigenvalue weighted by atomic mass is 10.3. The zero-order valence-corrected chi connectivity index (χ0v) is 15.0. The molecule has 9 heteroatoms. The zero-order valence-electron chi connectivity index (χ0n) is 14.2. The van der Waals surface area contributed by atoms with Crippen molar-refractivity contribution in [2.75, 3.05) is 0 Å². The Bertz CT molecular complexity index is 1270. The fourth-order valence-electron chi connectivity index (χ4n) is 2.83. The average Bonchev–Trinajstić information content (AvgIpc) is 3.38. The van der Waals surface area contributed by atoms with Crippen LogP contribution in [0.4, 0.5) is 0 Å². The molecule has 0 aliphatic carbocycles. The van der Waals surface area contributed by atoms with E-state index in [1.165, 1.54) is 0 Å². The van der Waals surface area contributed by atoms with E-state index in [2.05, 4.69) is 20.2 Å². The van der Waals surface area contributed by atoms with E-state index in [1.807, 2.05) is 37.4 Å². The number of rotatable bonds is 4. The molecule has 4 aromatic heterocycles. The van der Waals surface area contributed by atoms with Crippen LogP contribution in [0, 0.1) is 0 Å². The predicted molar refractivity (Wildman–Crippen MR) is 98.5 cm³/mol. The first-order valence-corrected chi connectivity index (χ1v) is 8.56. The molecule has 1 aromatic carbocycles. The number of halogens is 1. The van der Waals surface area contributed by atoms with E-state index in [4.69, 9.17) is 20.8 Å². The number of benzene rings is 1. The highest BCUT2D eigenvalue weighted by Crippen LogP contribution is 2.26. The van der Waals surface area contributed by atoms with E-state index in [1.54, 1.807) is 27.8 Å². The van der Waals surface area contributed by atoms with Gasteiger partial charge in [-0.05, 0) is 24.3 Å². The summed E-state index contributed by atoms with van der Waals surface area (Å²) >= 11 is 6.10. The minimum atomic E-state index is 0.255. The third-order valence-corrected chi connectivity index (χ3v) is 4.47. The Morgan fingerprint density at radius 2 is 2.04 bits per heavy atom. The van der Waals surface area contributed by atoms with Crippen LogP contribution in [-0.4, -0.2) is 29.4 Å². The number of aromatic nitrogens is 6. The largest absolute Gasteiger partial charge is 0.484 e. The molecule has 0 atom stereocenters. The number of hydrogen-bond donors (Lipinski definition) is 0. The van der Waals surface area contributed by atoms with Gasteiger partial charge in [-0.15, -0.1) is 5.10 Å². The Morgan fingerprint density at radius 1 is 1.15 bits per heavy atom. The maximum Gasteiger partial charge on any atom is 0.217 e. The van der Waals surface area contributed by atoms with Crippen LogP contribution in [0.3, 0.4) is 0 Å². The van der Waals surface area contributed by atoms with E-state index in [9.17, 15) is 0 Å². The molecule has 27 heavy (non-hydrogen) atoms. The molecule has 8 nitrogen and oxygen atoms in total. The molecule has 5 aromatic rings. The number of aryl methyl sites for hydroxylation is 1. The van der Waals surface area contributed by atoms with Crippen molar-refractivity contribution in [2.24, 2.45) is 7.05 Å². The van der Waals surface area contributed by atoms with Gasteiger partial charge >= 0.3 is 0 Å². The molecule has 4 heterocycles. The SMILES string of the molecule is Cn1ncc2c1ncn1nc(-c3ccc(COc4ccccc4Cl)o3)nc21. The molecule has 0 radical (unpaired) electrons. The van der Waals surface area contributed by atoms with Gasteiger partial charge in [-0.1, -0.05) is 23.7 Å². The Morgan fingerprint density at radius 3 is 2.93 bits per heavy atom. The number of nitrogens with zero attached hydrogens (tertiary/aromatic N) is 6. The van der Waals surface area contributed by atoms with Crippen LogP contribution in [0.5, 0.6) is 5.75 Å². The van der Waals surface area contributed by atoms with Crippen LogP contribution in [0.15, 0.2) is 53.3 Å². The summed E-state index contributed by atoms with van der Waals surface area (Å²) < 4.78 is 14.8. The molecule has 0 fully saturated rings. The molecular weight excluding hydrogens is 368 g/mol. The summed E-state index contributed by atoms with van der Waals surface area (Å²) in [5, 5.41) is 10.0. The Hall–Kier alpha value is -3.39. The molecule has 0 amide bonds. The van der Waals surface area contributed by atoms with Crippen LogP contribution >= 0.6 is 11.6 Å². The quantitative estimate of drug-likeness (QED) is 0.474. The fraction of sp³-hybridized carbons (Fsp3) is 0.111. The smallest absolute Gasteiger partial charge is 0.217 e. The van der Waals surface area contributed by atoms with E-state index >= 15 is 0 Å². The van der Waals surface area contributed by atoms with Crippen LogP contribution in [0.2, 0.25) is 5.02 Å². The van der Waals surface area contributed by atoms with Crippen LogP contribution in [0.25, 0.3) is 28.3 Å². The second kappa shape index (κ2) is 6.10.